The molecule has 0 spiro atoms. The zero-order valence-corrected chi connectivity index (χ0v) is 22.5. The SMILES string of the molecule is CCN(CC)c1ccc(NC(=O)[C@@H]2[C@H]3C=C[C@@H](C)[C@@H](C(=O)NC)[C@H]3C(=O)N2[C@H](CO)c2ccccc2)cc1. The number of allylic oxidation sites excluding steroid dienone is 1. The first kappa shape index (κ1) is 27.4. The molecule has 202 valence electrons. The third kappa shape index (κ3) is 5.05. The zero-order chi connectivity index (χ0) is 27.4. The Morgan fingerprint density at radius 2 is 1.66 bits per heavy atom. The Balaban J connectivity index is 1.71. The number of nitrogens with one attached hydrogen (secondary N) is 2. The van der Waals surface area contributed by atoms with Gasteiger partial charge in [0.1, 0.15) is 6.04 Å². The Hall–Kier alpha value is -3.65. The summed E-state index contributed by atoms with van der Waals surface area (Å²) in [6.45, 7) is 7.51. The summed E-state index contributed by atoms with van der Waals surface area (Å²) in [5.74, 6) is -2.84. The second-order valence-electron chi connectivity index (χ2n) is 10.00. The standard InChI is InChI=1S/C30H38N4O4/c1-5-33(6-2)22-15-13-21(14-16-22)32-29(37)27-23-17-12-19(3)25(28(36)31-4)26(23)30(38)34(27)24(18-35)20-10-8-7-9-11-20/h7-17,19,23-27,35H,5-6,18H2,1-4H3,(H,31,36)(H,32,37)/t19-,23+,24-,25-,26+,27+/m1/s1. The molecule has 4 rings (SSSR count). The van der Waals surface area contributed by atoms with E-state index >= 15 is 0 Å². The van der Waals surface area contributed by atoms with Crippen LogP contribution in [0.15, 0.2) is 66.7 Å². The Labute approximate surface area is 224 Å². The number of nitrogens with zero attached hydrogens (tertiary/aromatic N) is 2. The summed E-state index contributed by atoms with van der Waals surface area (Å²) in [7, 11) is 1.56. The van der Waals surface area contributed by atoms with Crippen LogP contribution in [0.5, 0.6) is 0 Å². The van der Waals surface area contributed by atoms with Gasteiger partial charge in [-0.2, -0.15) is 0 Å². The first-order chi connectivity index (χ1) is 18.4. The van der Waals surface area contributed by atoms with Gasteiger partial charge in [-0.1, -0.05) is 49.4 Å². The molecule has 0 unspecified atom stereocenters. The van der Waals surface area contributed by atoms with Crippen LogP contribution in [0.2, 0.25) is 0 Å². The van der Waals surface area contributed by atoms with E-state index in [1.165, 1.54) is 4.90 Å². The van der Waals surface area contributed by atoms with E-state index in [9.17, 15) is 19.5 Å². The Bertz CT molecular complexity index is 1160. The molecule has 1 heterocycles. The first-order valence-corrected chi connectivity index (χ1v) is 13.4. The van der Waals surface area contributed by atoms with Crippen molar-refractivity contribution in [1.29, 1.82) is 0 Å². The smallest absolute Gasteiger partial charge is 0.247 e. The highest BCUT2D eigenvalue weighted by molar-refractivity contribution is 6.02. The Morgan fingerprint density at radius 1 is 1.00 bits per heavy atom. The maximum Gasteiger partial charge on any atom is 0.247 e. The van der Waals surface area contributed by atoms with Crippen LogP contribution in [-0.2, 0) is 14.4 Å². The number of fused-ring (bicyclic) bond motifs is 1. The van der Waals surface area contributed by atoms with Gasteiger partial charge in [-0.15, -0.1) is 0 Å². The van der Waals surface area contributed by atoms with Gasteiger partial charge in [0.05, 0.1) is 24.5 Å². The van der Waals surface area contributed by atoms with E-state index in [1.807, 2.05) is 73.7 Å². The average molecular weight is 519 g/mol. The fourth-order valence-electron chi connectivity index (χ4n) is 6.03. The van der Waals surface area contributed by atoms with Crippen LogP contribution < -0.4 is 15.5 Å². The van der Waals surface area contributed by atoms with E-state index in [0.717, 1.165) is 24.3 Å². The molecule has 8 nitrogen and oxygen atoms in total. The topological polar surface area (TPSA) is 102 Å². The molecule has 8 heteroatoms. The van der Waals surface area contributed by atoms with Crippen LogP contribution in [-0.4, -0.2) is 60.5 Å². The molecule has 1 fully saturated rings. The second-order valence-corrected chi connectivity index (χ2v) is 10.00. The van der Waals surface area contributed by atoms with Crippen LogP contribution in [0, 0.1) is 23.7 Å². The molecule has 2 aromatic carbocycles. The fraction of sp³-hybridized carbons (Fsp3) is 0.433. The number of rotatable bonds is 9. The molecule has 2 aromatic rings. The van der Waals surface area contributed by atoms with Gasteiger partial charge in [0.25, 0.3) is 0 Å². The lowest BCUT2D eigenvalue weighted by Crippen LogP contribution is -2.46. The highest BCUT2D eigenvalue weighted by Gasteiger charge is 2.58. The van der Waals surface area contributed by atoms with Crippen molar-refractivity contribution >= 4 is 29.1 Å². The summed E-state index contributed by atoms with van der Waals surface area (Å²) < 4.78 is 0. The van der Waals surface area contributed by atoms with E-state index in [2.05, 4.69) is 29.4 Å². The van der Waals surface area contributed by atoms with Crippen molar-refractivity contribution in [3.63, 3.8) is 0 Å². The molecule has 3 N–H and O–H groups in total. The molecular formula is C30H38N4O4. The molecule has 6 atom stereocenters. The summed E-state index contributed by atoms with van der Waals surface area (Å²) in [5, 5.41) is 16.2. The molecule has 2 aliphatic rings. The normalized spacial score (nSPS) is 25.0. The van der Waals surface area contributed by atoms with Crippen LogP contribution in [0.3, 0.4) is 0 Å². The summed E-state index contributed by atoms with van der Waals surface area (Å²) in [6.07, 6.45) is 3.83. The number of aliphatic hydroxyl groups excluding tert-OH is 1. The fourth-order valence-corrected chi connectivity index (χ4v) is 6.03. The highest BCUT2D eigenvalue weighted by atomic mass is 16.3. The molecular weight excluding hydrogens is 480 g/mol. The van der Waals surface area contributed by atoms with Crippen molar-refractivity contribution in [2.45, 2.75) is 32.9 Å². The van der Waals surface area contributed by atoms with E-state index in [4.69, 9.17) is 0 Å². The van der Waals surface area contributed by atoms with Crippen LogP contribution >= 0.6 is 0 Å². The van der Waals surface area contributed by atoms with E-state index in [-0.39, 0.29) is 30.2 Å². The largest absolute Gasteiger partial charge is 0.394 e. The van der Waals surface area contributed by atoms with Crippen molar-refractivity contribution in [2.75, 3.05) is 37.0 Å². The van der Waals surface area contributed by atoms with Gasteiger partial charge in [-0.25, -0.2) is 0 Å². The third-order valence-electron chi connectivity index (χ3n) is 7.98. The molecule has 38 heavy (non-hydrogen) atoms. The number of hydrogen-bond donors (Lipinski definition) is 3. The maximum absolute atomic E-state index is 14.1. The van der Waals surface area contributed by atoms with Crippen LogP contribution in [0.1, 0.15) is 32.4 Å². The lowest BCUT2D eigenvalue weighted by atomic mass is 9.70. The number of hydrogen-bond acceptors (Lipinski definition) is 5. The summed E-state index contributed by atoms with van der Waals surface area (Å²) in [5.41, 5.74) is 2.42. The molecule has 1 saturated heterocycles. The number of carbonyl (C=O) groups excluding carboxylic acids is 3. The maximum atomic E-state index is 14.1. The van der Waals surface area contributed by atoms with Crippen LogP contribution in [0.25, 0.3) is 0 Å². The average Bonchev–Trinajstić information content (AvgIpc) is 3.23. The van der Waals surface area contributed by atoms with E-state index < -0.39 is 29.8 Å². The van der Waals surface area contributed by atoms with Crippen molar-refractivity contribution in [3.05, 3.63) is 72.3 Å². The minimum atomic E-state index is -0.886. The van der Waals surface area contributed by atoms with Crippen molar-refractivity contribution in [2.24, 2.45) is 23.7 Å². The zero-order valence-electron chi connectivity index (χ0n) is 22.5. The number of anilines is 2. The van der Waals surface area contributed by atoms with Crippen LogP contribution in [0.4, 0.5) is 11.4 Å². The minimum absolute atomic E-state index is 0.166. The number of carbonyl (C=O) groups is 3. The predicted octanol–water partition coefficient (Wildman–Crippen LogP) is 3.22. The first-order valence-electron chi connectivity index (χ1n) is 13.4. The third-order valence-corrected chi connectivity index (χ3v) is 7.98. The highest BCUT2D eigenvalue weighted by Crippen LogP contribution is 2.46. The molecule has 3 amide bonds. The second kappa shape index (κ2) is 11.8. The molecule has 0 bridgehead atoms. The van der Waals surface area contributed by atoms with Gasteiger partial charge in [0, 0.05) is 37.4 Å². The Kier molecular flexibility index (Phi) is 8.52. The molecule has 0 aromatic heterocycles. The number of aliphatic hydroxyl groups is 1. The van der Waals surface area contributed by atoms with Gasteiger partial charge in [0.2, 0.25) is 17.7 Å². The minimum Gasteiger partial charge on any atom is -0.394 e. The number of likely N-dealkylation sites (tertiary alicyclic amines) is 1. The van der Waals surface area contributed by atoms with Gasteiger partial charge < -0.3 is 25.5 Å². The summed E-state index contributed by atoms with van der Waals surface area (Å²) >= 11 is 0. The molecule has 1 aliphatic heterocycles. The lowest BCUT2D eigenvalue weighted by Gasteiger charge is -2.33. The number of benzene rings is 2. The monoisotopic (exact) mass is 518 g/mol. The van der Waals surface area contributed by atoms with E-state index in [1.54, 1.807) is 7.05 Å². The predicted molar refractivity (Wildman–Crippen MR) is 148 cm³/mol. The van der Waals surface area contributed by atoms with Crippen molar-refractivity contribution < 1.29 is 19.5 Å². The van der Waals surface area contributed by atoms with E-state index in [0.29, 0.717) is 5.69 Å². The lowest BCUT2D eigenvalue weighted by molar-refractivity contribution is -0.142. The summed E-state index contributed by atoms with van der Waals surface area (Å²) in [4.78, 5) is 44.6. The van der Waals surface area contributed by atoms with Gasteiger partial charge in [-0.3, -0.25) is 14.4 Å². The molecule has 1 aliphatic carbocycles. The quantitative estimate of drug-likeness (QED) is 0.443. The van der Waals surface area contributed by atoms with Crippen molar-refractivity contribution in [1.82, 2.24) is 10.2 Å². The van der Waals surface area contributed by atoms with Gasteiger partial charge in [-0.05, 0) is 49.6 Å². The van der Waals surface area contributed by atoms with Gasteiger partial charge in [0.15, 0.2) is 0 Å². The molecule has 0 saturated carbocycles. The van der Waals surface area contributed by atoms with Crippen molar-refractivity contribution in [3.8, 4) is 0 Å². The Morgan fingerprint density at radius 3 is 2.24 bits per heavy atom. The number of amides is 3. The van der Waals surface area contributed by atoms with Gasteiger partial charge >= 0.3 is 0 Å². The molecule has 0 radical (unpaired) electrons. The summed E-state index contributed by atoms with van der Waals surface area (Å²) in [6, 6.07) is 15.3.